The van der Waals surface area contributed by atoms with Gasteiger partial charge in [-0.3, -0.25) is 4.72 Å². The number of azo groups is 1. The molecule has 2 heterocycles. The van der Waals surface area contributed by atoms with E-state index in [2.05, 4.69) is 25.8 Å². The number of hydrogen-bond donors (Lipinski definition) is 1. The Bertz CT molecular complexity index is 1080. The topological polar surface area (TPSA) is 120 Å². The van der Waals surface area contributed by atoms with Crippen molar-refractivity contribution in [2.45, 2.75) is 18.3 Å². The molecule has 1 aliphatic heterocycles. The quantitative estimate of drug-likeness (QED) is 0.589. The molecule has 1 saturated heterocycles. The normalized spacial score (nSPS) is 15.0. The highest BCUT2D eigenvalue weighted by atomic mass is 32.2. The van der Waals surface area contributed by atoms with E-state index >= 15 is 0 Å². The molecule has 0 saturated carbocycles. The Morgan fingerprint density at radius 1 is 1.13 bits per heavy atom. The Morgan fingerprint density at radius 2 is 1.81 bits per heavy atom. The van der Waals surface area contributed by atoms with Crippen LogP contribution in [0.15, 0.2) is 28.4 Å². The molecule has 1 aromatic carbocycles. The van der Waals surface area contributed by atoms with Crippen LogP contribution >= 0.6 is 0 Å². The van der Waals surface area contributed by atoms with Gasteiger partial charge in [-0.2, -0.15) is 26.7 Å². The second kappa shape index (κ2) is 8.61. The van der Waals surface area contributed by atoms with E-state index in [0.29, 0.717) is 17.3 Å². The minimum atomic E-state index is -5.64. The average molecular weight is 458 g/mol. The van der Waals surface area contributed by atoms with Crippen LogP contribution < -0.4 is 9.62 Å². The predicted molar refractivity (Wildman–Crippen MR) is 112 cm³/mol. The summed E-state index contributed by atoms with van der Waals surface area (Å²) < 4.78 is 65.3. The second-order valence-electron chi connectivity index (χ2n) is 6.71. The Balaban J connectivity index is 2.01. The molecular weight excluding hydrogens is 437 g/mol. The second-order valence-corrected chi connectivity index (χ2v) is 8.39. The number of aromatic nitrogens is 2. The maximum absolute atomic E-state index is 12.9. The molecule has 1 aromatic heterocycles. The zero-order valence-electron chi connectivity index (χ0n) is 17.0. The van der Waals surface area contributed by atoms with Crippen LogP contribution in [-0.2, 0) is 17.1 Å². The number of halogens is 3. The number of nitrogens with one attached hydrogen (secondary N) is 1. The van der Waals surface area contributed by atoms with Gasteiger partial charge in [-0.15, -0.1) is 5.11 Å². The van der Waals surface area contributed by atoms with Crippen molar-refractivity contribution in [2.24, 2.45) is 17.3 Å². The fraction of sp³-hybridized carbons (Fsp3) is 0.471. The van der Waals surface area contributed by atoms with E-state index in [1.54, 1.807) is 24.9 Å². The summed E-state index contributed by atoms with van der Waals surface area (Å²) in [6.07, 6.45) is 1.89. The first kappa shape index (κ1) is 22.7. The molecule has 2 aromatic rings. The molecule has 0 amide bonds. The number of rotatable bonds is 7. The molecule has 0 atom stereocenters. The van der Waals surface area contributed by atoms with Crippen molar-refractivity contribution in [1.29, 1.82) is 0 Å². The van der Waals surface area contributed by atoms with Gasteiger partial charge in [-0.05, 0) is 31.0 Å². The lowest BCUT2D eigenvalue weighted by Gasteiger charge is -2.20. The molecule has 1 N–H and O–H groups in total. The van der Waals surface area contributed by atoms with Crippen molar-refractivity contribution in [1.82, 2.24) is 9.55 Å². The molecule has 31 heavy (non-hydrogen) atoms. The first-order valence-electron chi connectivity index (χ1n) is 9.23. The zero-order chi connectivity index (χ0) is 22.8. The maximum atomic E-state index is 12.9. The van der Waals surface area contributed by atoms with Crippen LogP contribution in [0, 0.1) is 0 Å². The number of imidazole rings is 1. The highest BCUT2D eigenvalue weighted by Crippen LogP contribution is 2.38. The van der Waals surface area contributed by atoms with Crippen LogP contribution in [0.2, 0.25) is 0 Å². The summed E-state index contributed by atoms with van der Waals surface area (Å²) in [7, 11) is -0.933. The van der Waals surface area contributed by atoms with Gasteiger partial charge < -0.3 is 25.1 Å². The van der Waals surface area contributed by atoms with Crippen LogP contribution in [0.5, 0.6) is 0 Å². The Kier molecular flexibility index (Phi) is 6.29. The molecule has 0 bridgehead atoms. The maximum Gasteiger partial charge on any atom is 0.516 e. The Morgan fingerprint density at radius 3 is 2.35 bits per heavy atom. The van der Waals surface area contributed by atoms with Crippen molar-refractivity contribution in [3.63, 3.8) is 0 Å². The third-order valence-corrected chi connectivity index (χ3v) is 5.79. The monoisotopic (exact) mass is 458 g/mol. The van der Waals surface area contributed by atoms with Crippen molar-refractivity contribution >= 4 is 44.7 Å². The van der Waals surface area contributed by atoms with Crippen LogP contribution in [0.4, 0.5) is 47.8 Å². The molecule has 0 spiro atoms. The molecule has 170 valence electrons. The summed E-state index contributed by atoms with van der Waals surface area (Å²) in [5.74, 6) is 0.870. The smallest absolute Gasteiger partial charge is 0.469 e. The Hall–Kier alpha value is -3.03. The lowest BCUT2D eigenvalue weighted by Crippen LogP contribution is -2.30. The van der Waals surface area contributed by atoms with E-state index in [1.807, 2.05) is 4.90 Å². The van der Waals surface area contributed by atoms with Gasteiger partial charge in [0.15, 0.2) is 0 Å². The number of alkyl halides is 3. The van der Waals surface area contributed by atoms with Gasteiger partial charge in [0.25, 0.3) is 0 Å². The number of anilines is 2. The fourth-order valence-electron chi connectivity index (χ4n) is 3.12. The summed E-state index contributed by atoms with van der Waals surface area (Å²) >= 11 is 0. The van der Waals surface area contributed by atoms with Crippen LogP contribution in [0.25, 0.3) is 10.6 Å². The molecule has 14 heteroatoms. The molecule has 3 rings (SSSR count). The van der Waals surface area contributed by atoms with Crippen molar-refractivity contribution in [2.75, 3.05) is 36.8 Å². The minimum Gasteiger partial charge on any atom is -0.469 e. The van der Waals surface area contributed by atoms with Crippen molar-refractivity contribution in [3.05, 3.63) is 28.8 Å². The highest BCUT2D eigenvalue weighted by molar-refractivity contribution is 7.93. The number of hydrogen-bond acceptors (Lipinski definition) is 6. The van der Waals surface area contributed by atoms with Crippen LogP contribution in [0.3, 0.4) is 0 Å². The van der Waals surface area contributed by atoms with E-state index < -0.39 is 15.5 Å². The van der Waals surface area contributed by atoms with Gasteiger partial charge in [0.05, 0.1) is 11.6 Å². The lowest BCUT2D eigenvalue weighted by molar-refractivity contribution is -0.0429. The highest BCUT2D eigenvalue weighted by Gasteiger charge is 2.46. The summed E-state index contributed by atoms with van der Waals surface area (Å²) in [6, 6.07) is 4.38. The standard InChI is InChI=1S/C17H21F3N8O2S/c1-21-14-15(22-2)27(3)16(23-14)25-24-12-7-6-11(28-8-4-5-9-28)10-13(12)26-31(29,30)17(18,19)20/h6-7,10,26H,4-5,8-9H2,1-3H3/q-2. The summed E-state index contributed by atoms with van der Waals surface area (Å²) in [6.45, 7) is 1.46. The van der Waals surface area contributed by atoms with E-state index in [0.717, 1.165) is 25.9 Å². The molecule has 0 radical (unpaired) electrons. The SMILES string of the molecule is C[N-]c1nc(N=Nc2ccc(N3CCCC3)cc2NS(=O)(=O)C(F)(F)F)n(C)c1[N-]C. The first-order chi connectivity index (χ1) is 14.6. The summed E-state index contributed by atoms with van der Waals surface area (Å²) in [5.41, 5.74) is -5.31. The first-order valence-corrected chi connectivity index (χ1v) is 10.7. The van der Waals surface area contributed by atoms with Crippen molar-refractivity contribution in [3.8, 4) is 0 Å². The van der Waals surface area contributed by atoms with Gasteiger partial charge in [-0.25, -0.2) is 0 Å². The molecule has 1 fully saturated rings. The van der Waals surface area contributed by atoms with Gasteiger partial charge in [0, 0.05) is 18.8 Å². The zero-order valence-corrected chi connectivity index (χ0v) is 17.9. The van der Waals surface area contributed by atoms with E-state index in [-0.39, 0.29) is 17.3 Å². The third-order valence-electron chi connectivity index (χ3n) is 4.69. The lowest BCUT2D eigenvalue weighted by atomic mass is 10.2. The fourth-order valence-corrected chi connectivity index (χ4v) is 3.69. The number of sulfonamides is 1. The van der Waals surface area contributed by atoms with E-state index in [4.69, 9.17) is 0 Å². The molecule has 10 nitrogen and oxygen atoms in total. The number of benzene rings is 1. The molecule has 0 aliphatic carbocycles. The van der Waals surface area contributed by atoms with Crippen LogP contribution in [-0.4, -0.2) is 50.7 Å². The summed E-state index contributed by atoms with van der Waals surface area (Å²) in [4.78, 5) is 6.11. The van der Waals surface area contributed by atoms with Gasteiger partial charge in [0.2, 0.25) is 0 Å². The van der Waals surface area contributed by atoms with Crippen molar-refractivity contribution < 1.29 is 21.6 Å². The number of nitrogens with zero attached hydrogens (tertiary/aromatic N) is 7. The predicted octanol–water partition coefficient (Wildman–Crippen LogP) is 4.97. The molecular formula is C17H21F3N8O2S-2. The Labute approximate surface area is 177 Å². The third kappa shape index (κ3) is 4.68. The average Bonchev–Trinajstić information content (AvgIpc) is 3.34. The van der Waals surface area contributed by atoms with E-state index in [1.165, 1.54) is 23.7 Å². The minimum absolute atomic E-state index is 0.0938. The van der Waals surface area contributed by atoms with E-state index in [9.17, 15) is 21.6 Å². The van der Waals surface area contributed by atoms with Gasteiger partial charge in [-0.1, -0.05) is 32.8 Å². The summed E-state index contributed by atoms with van der Waals surface area (Å²) in [5, 5.41) is 15.9. The largest absolute Gasteiger partial charge is 0.516 e. The molecule has 0 unspecified atom stereocenters. The van der Waals surface area contributed by atoms with Gasteiger partial charge in [0.1, 0.15) is 5.69 Å². The van der Waals surface area contributed by atoms with Crippen LogP contribution in [0.1, 0.15) is 12.8 Å². The van der Waals surface area contributed by atoms with Gasteiger partial charge >= 0.3 is 15.5 Å². The molecule has 1 aliphatic rings.